The molecule has 138 valence electrons. The quantitative estimate of drug-likeness (QED) is 0.646. The fourth-order valence-electron chi connectivity index (χ4n) is 3.29. The van der Waals surface area contributed by atoms with E-state index in [1.165, 1.54) is 12.1 Å². The molecule has 0 spiro atoms. The number of fused-ring (bicyclic) bond motifs is 1. The van der Waals surface area contributed by atoms with Gasteiger partial charge in [0.05, 0.1) is 18.6 Å². The zero-order valence-electron chi connectivity index (χ0n) is 14.2. The molecule has 7 heteroatoms. The van der Waals surface area contributed by atoms with Crippen LogP contribution in [0.3, 0.4) is 0 Å². The summed E-state index contributed by atoms with van der Waals surface area (Å²) in [4.78, 5) is 4.10. The molecule has 0 amide bonds. The Bertz CT molecular complexity index is 978. The van der Waals surface area contributed by atoms with Crippen molar-refractivity contribution in [3.05, 3.63) is 66.8 Å². The molecule has 0 fully saturated rings. The van der Waals surface area contributed by atoms with Gasteiger partial charge in [0.25, 0.3) is 0 Å². The van der Waals surface area contributed by atoms with E-state index in [9.17, 15) is 13.2 Å². The highest BCUT2D eigenvalue weighted by atomic mass is 19.4. The van der Waals surface area contributed by atoms with E-state index in [0.717, 1.165) is 40.1 Å². The van der Waals surface area contributed by atoms with Crippen molar-refractivity contribution in [3.8, 4) is 28.3 Å². The topological polar surface area (TPSA) is 36.3 Å². The molecule has 0 N–H and O–H groups in total. The Morgan fingerprint density at radius 1 is 1.22 bits per heavy atom. The summed E-state index contributed by atoms with van der Waals surface area (Å²) < 4.78 is 48.8. The number of hydrogen-bond acceptors (Lipinski definition) is 3. The molecular formula is C20H15F3N2O2. The summed E-state index contributed by atoms with van der Waals surface area (Å²) in [6.07, 6.45) is 3.02. The Kier molecular flexibility index (Phi) is 4.14. The summed E-state index contributed by atoms with van der Waals surface area (Å²) >= 11 is 0. The Labute approximate surface area is 153 Å². The fourth-order valence-corrected chi connectivity index (χ4v) is 3.29. The molecule has 1 aliphatic heterocycles. The second-order valence-electron chi connectivity index (χ2n) is 6.01. The smallest absolute Gasteiger partial charge is 0.492 e. The first-order valence-corrected chi connectivity index (χ1v) is 8.26. The lowest BCUT2D eigenvalue weighted by atomic mass is 9.95. The summed E-state index contributed by atoms with van der Waals surface area (Å²) in [7, 11) is 0. The number of halogens is 3. The minimum Gasteiger partial charge on any atom is -0.492 e. The maximum Gasteiger partial charge on any atom is 0.573 e. The standard InChI is InChI=1S/C20H15F3N2O2/c1-2-13-11-17(14-3-5-15(6-4-14)27-20(21,22)23)19-16(7-10-26-19)18(13)25-9-8-24-12-25/h2-6,8-9,11-12H,1,7,10H2. The van der Waals surface area contributed by atoms with Crippen LogP contribution in [0.1, 0.15) is 11.1 Å². The van der Waals surface area contributed by atoms with Crippen molar-refractivity contribution in [2.45, 2.75) is 12.8 Å². The van der Waals surface area contributed by atoms with Crippen LogP contribution in [0, 0.1) is 0 Å². The van der Waals surface area contributed by atoms with E-state index in [1.54, 1.807) is 30.7 Å². The molecule has 1 aromatic heterocycles. The number of ether oxygens (including phenoxy) is 2. The van der Waals surface area contributed by atoms with Crippen LogP contribution >= 0.6 is 0 Å². The van der Waals surface area contributed by atoms with Gasteiger partial charge in [0, 0.05) is 29.9 Å². The lowest BCUT2D eigenvalue weighted by molar-refractivity contribution is -0.274. The predicted molar refractivity (Wildman–Crippen MR) is 95.0 cm³/mol. The second kappa shape index (κ2) is 6.50. The molecule has 1 aliphatic rings. The molecule has 0 saturated heterocycles. The first-order chi connectivity index (χ1) is 13.0. The molecule has 27 heavy (non-hydrogen) atoms. The van der Waals surface area contributed by atoms with E-state index in [1.807, 2.05) is 16.8 Å². The van der Waals surface area contributed by atoms with Crippen molar-refractivity contribution in [2.24, 2.45) is 0 Å². The van der Waals surface area contributed by atoms with Crippen molar-refractivity contribution < 1.29 is 22.6 Å². The van der Waals surface area contributed by atoms with Crippen LogP contribution in [0.2, 0.25) is 0 Å². The molecule has 2 aromatic carbocycles. The van der Waals surface area contributed by atoms with E-state index in [-0.39, 0.29) is 5.75 Å². The highest BCUT2D eigenvalue weighted by Gasteiger charge is 2.31. The number of benzene rings is 2. The molecule has 0 atom stereocenters. The molecule has 0 aliphatic carbocycles. The lowest BCUT2D eigenvalue weighted by Crippen LogP contribution is -2.16. The Balaban J connectivity index is 1.81. The van der Waals surface area contributed by atoms with Gasteiger partial charge in [-0.3, -0.25) is 0 Å². The van der Waals surface area contributed by atoms with Gasteiger partial charge in [-0.2, -0.15) is 0 Å². The Morgan fingerprint density at radius 2 is 2.00 bits per heavy atom. The van der Waals surface area contributed by atoms with Crippen LogP contribution < -0.4 is 9.47 Å². The number of alkyl halides is 3. The van der Waals surface area contributed by atoms with Gasteiger partial charge < -0.3 is 14.0 Å². The van der Waals surface area contributed by atoms with Crippen LogP contribution in [0.5, 0.6) is 11.5 Å². The average molecular weight is 372 g/mol. The largest absolute Gasteiger partial charge is 0.573 e. The third-order valence-electron chi connectivity index (χ3n) is 4.36. The van der Waals surface area contributed by atoms with Gasteiger partial charge in [-0.15, -0.1) is 13.2 Å². The zero-order valence-corrected chi connectivity index (χ0v) is 14.2. The number of hydrogen-bond donors (Lipinski definition) is 0. The second-order valence-corrected chi connectivity index (χ2v) is 6.01. The molecule has 0 radical (unpaired) electrons. The molecule has 4 rings (SSSR count). The van der Waals surface area contributed by atoms with Crippen LogP contribution in [0.15, 0.2) is 55.6 Å². The maximum atomic E-state index is 12.4. The highest BCUT2D eigenvalue weighted by Crippen LogP contribution is 2.43. The van der Waals surface area contributed by atoms with Crippen LogP contribution in [0.4, 0.5) is 13.2 Å². The van der Waals surface area contributed by atoms with Gasteiger partial charge in [-0.1, -0.05) is 24.8 Å². The van der Waals surface area contributed by atoms with Crippen LogP contribution in [-0.4, -0.2) is 22.5 Å². The van der Waals surface area contributed by atoms with Gasteiger partial charge in [-0.05, 0) is 29.3 Å². The molecule has 0 bridgehead atoms. The lowest BCUT2D eigenvalue weighted by Gasteiger charge is -2.16. The SMILES string of the molecule is C=Cc1cc(-c2ccc(OC(F)(F)F)cc2)c2c(c1-n1ccnc1)CCO2. The Hall–Kier alpha value is -3.22. The van der Waals surface area contributed by atoms with E-state index in [2.05, 4.69) is 16.3 Å². The Morgan fingerprint density at radius 3 is 2.63 bits per heavy atom. The number of imidazole rings is 1. The molecule has 3 aromatic rings. The fraction of sp³-hybridized carbons (Fsp3) is 0.150. The molecule has 4 nitrogen and oxygen atoms in total. The van der Waals surface area contributed by atoms with Crippen LogP contribution in [-0.2, 0) is 6.42 Å². The van der Waals surface area contributed by atoms with E-state index < -0.39 is 6.36 Å². The van der Waals surface area contributed by atoms with Gasteiger partial charge in [0.15, 0.2) is 0 Å². The van der Waals surface area contributed by atoms with Crippen molar-refractivity contribution in [3.63, 3.8) is 0 Å². The van der Waals surface area contributed by atoms with Crippen LogP contribution in [0.25, 0.3) is 22.9 Å². The highest BCUT2D eigenvalue weighted by molar-refractivity contribution is 5.81. The predicted octanol–water partition coefficient (Wildman–Crippen LogP) is 5.02. The summed E-state index contributed by atoms with van der Waals surface area (Å²) in [6.45, 7) is 4.44. The first-order valence-electron chi connectivity index (χ1n) is 8.26. The third kappa shape index (κ3) is 3.28. The van der Waals surface area contributed by atoms with Gasteiger partial charge in [-0.25, -0.2) is 4.98 Å². The average Bonchev–Trinajstić information content (AvgIpc) is 3.31. The van der Waals surface area contributed by atoms with E-state index >= 15 is 0 Å². The van der Waals surface area contributed by atoms with E-state index in [0.29, 0.717) is 6.61 Å². The summed E-state index contributed by atoms with van der Waals surface area (Å²) in [5.74, 6) is 0.469. The van der Waals surface area contributed by atoms with Crippen molar-refractivity contribution in [2.75, 3.05) is 6.61 Å². The van der Waals surface area contributed by atoms with Crippen molar-refractivity contribution >= 4 is 6.08 Å². The van der Waals surface area contributed by atoms with Gasteiger partial charge >= 0.3 is 6.36 Å². The normalized spacial score (nSPS) is 13.1. The summed E-state index contributed by atoms with van der Waals surface area (Å²) in [6, 6.07) is 7.68. The minimum atomic E-state index is -4.71. The molecule has 2 heterocycles. The number of nitrogens with zero attached hydrogens (tertiary/aromatic N) is 2. The van der Waals surface area contributed by atoms with E-state index in [4.69, 9.17) is 4.74 Å². The number of rotatable bonds is 4. The monoisotopic (exact) mass is 372 g/mol. The first kappa shape index (κ1) is 17.2. The number of aromatic nitrogens is 2. The zero-order chi connectivity index (χ0) is 19.0. The molecule has 0 unspecified atom stereocenters. The van der Waals surface area contributed by atoms with Gasteiger partial charge in [0.2, 0.25) is 0 Å². The summed E-state index contributed by atoms with van der Waals surface area (Å²) in [5.41, 5.74) is 4.41. The third-order valence-corrected chi connectivity index (χ3v) is 4.36. The molecule has 0 saturated carbocycles. The minimum absolute atomic E-state index is 0.261. The summed E-state index contributed by atoms with van der Waals surface area (Å²) in [5, 5.41) is 0. The maximum absolute atomic E-state index is 12.4. The van der Waals surface area contributed by atoms with Crippen molar-refractivity contribution in [1.82, 2.24) is 9.55 Å². The molecular weight excluding hydrogens is 357 g/mol. The van der Waals surface area contributed by atoms with Crippen molar-refractivity contribution in [1.29, 1.82) is 0 Å². The van der Waals surface area contributed by atoms with Gasteiger partial charge in [0.1, 0.15) is 11.5 Å².